The Kier molecular flexibility index (Phi) is 4.92. The van der Waals surface area contributed by atoms with Gasteiger partial charge in [-0.1, -0.05) is 0 Å². The van der Waals surface area contributed by atoms with E-state index in [9.17, 15) is 5.11 Å². The highest BCUT2D eigenvalue weighted by Crippen LogP contribution is 2.37. The largest absolute Gasteiger partial charge is 0.502 e. The molecule has 2 N–H and O–H groups in total. The van der Waals surface area contributed by atoms with Crippen molar-refractivity contribution in [2.45, 2.75) is 19.3 Å². The van der Waals surface area contributed by atoms with Gasteiger partial charge in [0, 0.05) is 6.61 Å². The third-order valence-electron chi connectivity index (χ3n) is 2.41. The van der Waals surface area contributed by atoms with Crippen LogP contribution in [0.5, 0.6) is 17.2 Å². The van der Waals surface area contributed by atoms with E-state index in [0.29, 0.717) is 11.5 Å². The smallest absolute Gasteiger partial charge is 0.200 e. The molecule has 1 aromatic rings. The first kappa shape index (κ1) is 12.6. The summed E-state index contributed by atoms with van der Waals surface area (Å²) in [6.45, 7) is 0.201. The number of methoxy groups -OCH3 is 2. The van der Waals surface area contributed by atoms with Crippen molar-refractivity contribution in [1.29, 1.82) is 0 Å². The Labute approximate surface area is 95.4 Å². The zero-order valence-corrected chi connectivity index (χ0v) is 9.69. The average molecular weight is 226 g/mol. The lowest BCUT2D eigenvalue weighted by Gasteiger charge is -2.11. The molecule has 4 nitrogen and oxygen atoms in total. The van der Waals surface area contributed by atoms with Crippen LogP contribution in [0, 0.1) is 0 Å². The van der Waals surface area contributed by atoms with Crippen molar-refractivity contribution >= 4 is 0 Å². The number of aromatic hydroxyl groups is 1. The molecule has 0 aliphatic heterocycles. The highest BCUT2D eigenvalue weighted by molar-refractivity contribution is 5.52. The lowest BCUT2D eigenvalue weighted by Crippen LogP contribution is -1.94. The Morgan fingerprint density at radius 3 is 2.06 bits per heavy atom. The Morgan fingerprint density at radius 2 is 1.62 bits per heavy atom. The molecule has 0 radical (unpaired) electrons. The van der Waals surface area contributed by atoms with Gasteiger partial charge in [-0.2, -0.15) is 0 Å². The van der Waals surface area contributed by atoms with Crippen LogP contribution in [0.25, 0.3) is 0 Å². The quantitative estimate of drug-likeness (QED) is 0.725. The molecule has 0 heterocycles. The van der Waals surface area contributed by atoms with Crippen molar-refractivity contribution in [2.75, 3.05) is 20.8 Å². The normalized spacial score (nSPS) is 10.2. The summed E-state index contributed by atoms with van der Waals surface area (Å²) >= 11 is 0. The van der Waals surface area contributed by atoms with E-state index < -0.39 is 0 Å². The van der Waals surface area contributed by atoms with Crippen LogP contribution in [0.3, 0.4) is 0 Å². The fourth-order valence-electron chi connectivity index (χ4n) is 1.53. The molecule has 0 fully saturated rings. The van der Waals surface area contributed by atoms with Crippen molar-refractivity contribution in [3.05, 3.63) is 17.7 Å². The van der Waals surface area contributed by atoms with Crippen molar-refractivity contribution in [3.8, 4) is 17.2 Å². The molecule has 4 heteroatoms. The van der Waals surface area contributed by atoms with Gasteiger partial charge < -0.3 is 19.7 Å². The number of phenolic OH excluding ortho intramolecular Hbond substituents is 1. The summed E-state index contributed by atoms with van der Waals surface area (Å²) in [6, 6.07) is 3.57. The number of rotatable bonds is 6. The third kappa shape index (κ3) is 3.03. The summed E-state index contributed by atoms with van der Waals surface area (Å²) in [5.41, 5.74) is 1.03. The number of aliphatic hydroxyl groups is 1. The molecule has 90 valence electrons. The summed E-state index contributed by atoms with van der Waals surface area (Å²) in [7, 11) is 3.01. The van der Waals surface area contributed by atoms with E-state index in [1.807, 2.05) is 0 Å². The number of hydrogen-bond donors (Lipinski definition) is 2. The molecule has 0 unspecified atom stereocenters. The fourth-order valence-corrected chi connectivity index (χ4v) is 1.53. The van der Waals surface area contributed by atoms with Crippen LogP contribution in [-0.2, 0) is 6.42 Å². The minimum Gasteiger partial charge on any atom is -0.502 e. The number of unbranched alkanes of at least 4 members (excludes halogenated alkanes) is 1. The molecule has 0 bridgehead atoms. The van der Waals surface area contributed by atoms with Crippen LogP contribution in [0.2, 0.25) is 0 Å². The molecule has 16 heavy (non-hydrogen) atoms. The molecule has 0 aliphatic carbocycles. The van der Waals surface area contributed by atoms with E-state index in [1.165, 1.54) is 14.2 Å². The molecule has 0 atom stereocenters. The van der Waals surface area contributed by atoms with Crippen molar-refractivity contribution in [2.24, 2.45) is 0 Å². The maximum absolute atomic E-state index is 9.69. The fraction of sp³-hybridized carbons (Fsp3) is 0.500. The predicted octanol–water partition coefficient (Wildman–Crippen LogP) is 1.72. The van der Waals surface area contributed by atoms with Gasteiger partial charge in [0.1, 0.15) is 0 Å². The van der Waals surface area contributed by atoms with Gasteiger partial charge in [-0.3, -0.25) is 0 Å². The van der Waals surface area contributed by atoms with E-state index in [0.717, 1.165) is 24.8 Å². The Bertz CT molecular complexity index is 311. The number of hydrogen-bond acceptors (Lipinski definition) is 4. The van der Waals surface area contributed by atoms with E-state index in [-0.39, 0.29) is 12.4 Å². The Balaban J connectivity index is 2.84. The van der Waals surface area contributed by atoms with Crippen LogP contribution in [-0.4, -0.2) is 31.0 Å². The monoisotopic (exact) mass is 226 g/mol. The molecule has 0 aliphatic rings. The molecular weight excluding hydrogens is 208 g/mol. The van der Waals surface area contributed by atoms with Gasteiger partial charge >= 0.3 is 0 Å². The van der Waals surface area contributed by atoms with E-state index in [1.54, 1.807) is 12.1 Å². The van der Waals surface area contributed by atoms with Crippen LogP contribution in [0.15, 0.2) is 12.1 Å². The van der Waals surface area contributed by atoms with Gasteiger partial charge in [-0.25, -0.2) is 0 Å². The molecule has 0 spiro atoms. The van der Waals surface area contributed by atoms with Gasteiger partial charge in [0.15, 0.2) is 11.5 Å². The van der Waals surface area contributed by atoms with Crippen molar-refractivity contribution in [3.63, 3.8) is 0 Å². The lowest BCUT2D eigenvalue weighted by atomic mass is 10.1. The average Bonchev–Trinajstić information content (AvgIpc) is 2.31. The minimum atomic E-state index is 0.0240. The third-order valence-corrected chi connectivity index (χ3v) is 2.41. The van der Waals surface area contributed by atoms with E-state index in [2.05, 4.69) is 0 Å². The first-order valence-corrected chi connectivity index (χ1v) is 5.27. The van der Waals surface area contributed by atoms with Gasteiger partial charge in [-0.15, -0.1) is 0 Å². The first-order valence-electron chi connectivity index (χ1n) is 5.27. The number of aliphatic hydroxyl groups excluding tert-OH is 1. The standard InChI is InChI=1S/C12H18O4/c1-15-10-7-9(5-3-4-6-13)8-11(16-2)12(10)14/h7-8,13-14H,3-6H2,1-2H3. The maximum atomic E-state index is 9.69. The Hall–Kier alpha value is -1.42. The van der Waals surface area contributed by atoms with Gasteiger partial charge in [-0.05, 0) is 37.0 Å². The highest BCUT2D eigenvalue weighted by atomic mass is 16.5. The molecule has 0 aromatic heterocycles. The van der Waals surface area contributed by atoms with Crippen molar-refractivity contribution in [1.82, 2.24) is 0 Å². The molecular formula is C12H18O4. The van der Waals surface area contributed by atoms with Crippen LogP contribution in [0.1, 0.15) is 18.4 Å². The molecule has 1 aromatic carbocycles. The first-order chi connectivity index (χ1) is 7.72. The lowest BCUT2D eigenvalue weighted by molar-refractivity contribution is 0.284. The molecule has 1 rings (SSSR count). The molecule has 0 saturated heterocycles. The maximum Gasteiger partial charge on any atom is 0.200 e. The van der Waals surface area contributed by atoms with Gasteiger partial charge in [0.25, 0.3) is 0 Å². The summed E-state index contributed by atoms with van der Waals surface area (Å²) in [5.74, 6) is 0.854. The van der Waals surface area contributed by atoms with Crippen LogP contribution < -0.4 is 9.47 Å². The van der Waals surface area contributed by atoms with Gasteiger partial charge in [0.2, 0.25) is 5.75 Å². The topological polar surface area (TPSA) is 58.9 Å². The second-order valence-electron chi connectivity index (χ2n) is 3.53. The number of phenols is 1. The van der Waals surface area contributed by atoms with Gasteiger partial charge in [0.05, 0.1) is 14.2 Å². The summed E-state index contributed by atoms with van der Waals surface area (Å²) in [4.78, 5) is 0. The van der Waals surface area contributed by atoms with E-state index in [4.69, 9.17) is 14.6 Å². The van der Waals surface area contributed by atoms with Crippen LogP contribution in [0.4, 0.5) is 0 Å². The second kappa shape index (κ2) is 6.23. The zero-order chi connectivity index (χ0) is 12.0. The summed E-state index contributed by atoms with van der Waals surface area (Å²) < 4.78 is 10.1. The number of ether oxygens (including phenoxy) is 2. The number of aryl methyl sites for hydroxylation is 1. The van der Waals surface area contributed by atoms with E-state index >= 15 is 0 Å². The summed E-state index contributed by atoms with van der Waals surface area (Å²) in [5, 5.41) is 18.4. The highest BCUT2D eigenvalue weighted by Gasteiger charge is 2.10. The predicted molar refractivity (Wildman–Crippen MR) is 61.2 cm³/mol. The minimum absolute atomic E-state index is 0.0240. The molecule has 0 saturated carbocycles. The van der Waals surface area contributed by atoms with Crippen LogP contribution >= 0.6 is 0 Å². The molecule has 0 amide bonds. The SMILES string of the molecule is COc1cc(CCCCO)cc(OC)c1O. The summed E-state index contributed by atoms with van der Waals surface area (Å²) in [6.07, 6.45) is 2.49. The zero-order valence-electron chi connectivity index (χ0n) is 9.69. The van der Waals surface area contributed by atoms with Crippen molar-refractivity contribution < 1.29 is 19.7 Å². The Morgan fingerprint density at radius 1 is 1.06 bits per heavy atom. The second-order valence-corrected chi connectivity index (χ2v) is 3.53. The number of benzene rings is 1.